The normalized spacial score (nSPS) is 30.8. The quantitative estimate of drug-likeness (QED) is 0.655. The lowest BCUT2D eigenvalue weighted by Crippen LogP contribution is -2.49. The van der Waals surface area contributed by atoms with Gasteiger partial charge in [-0.3, -0.25) is 4.90 Å². The minimum absolute atomic E-state index is 0.562. The predicted octanol–water partition coefficient (Wildman–Crippen LogP) is 0.921. The molecule has 0 aromatic carbocycles. The van der Waals surface area contributed by atoms with Crippen LogP contribution in [0.15, 0.2) is 0 Å². The summed E-state index contributed by atoms with van der Waals surface area (Å²) < 4.78 is 24.6. The van der Waals surface area contributed by atoms with Crippen LogP contribution in [0.4, 0.5) is 0 Å². The molecule has 2 aliphatic heterocycles. The molecule has 2 aliphatic rings. The van der Waals surface area contributed by atoms with Gasteiger partial charge in [0, 0.05) is 24.7 Å². The van der Waals surface area contributed by atoms with Gasteiger partial charge in [0.1, 0.15) is 0 Å². The van der Waals surface area contributed by atoms with Crippen molar-refractivity contribution in [3.63, 3.8) is 0 Å². The van der Waals surface area contributed by atoms with E-state index in [1.54, 1.807) is 0 Å². The van der Waals surface area contributed by atoms with E-state index in [-0.39, 0.29) is 0 Å². The molecule has 0 spiro atoms. The van der Waals surface area contributed by atoms with E-state index < -0.39 is 10.0 Å². The van der Waals surface area contributed by atoms with Gasteiger partial charge in [0.15, 0.2) is 0 Å². The van der Waals surface area contributed by atoms with Crippen LogP contribution in [0, 0.1) is 0 Å². The number of nitrogens with one attached hydrogen (secondary N) is 2. The monoisotopic (exact) mass is 303 g/mol. The molecule has 2 fully saturated rings. The molecule has 0 aromatic heterocycles. The van der Waals surface area contributed by atoms with Gasteiger partial charge in [-0.15, -0.1) is 0 Å². The fraction of sp³-hybridized carbons (Fsp3) is 1.00. The summed E-state index contributed by atoms with van der Waals surface area (Å²) in [5.41, 5.74) is 0. The predicted molar refractivity (Wildman–Crippen MR) is 82.3 cm³/mol. The van der Waals surface area contributed by atoms with Crippen LogP contribution in [0.2, 0.25) is 0 Å². The highest BCUT2D eigenvalue weighted by Gasteiger charge is 2.39. The summed E-state index contributed by atoms with van der Waals surface area (Å²) in [7, 11) is -3.04. The van der Waals surface area contributed by atoms with E-state index in [1.165, 1.54) is 38.4 Å². The van der Waals surface area contributed by atoms with Crippen LogP contribution in [-0.4, -0.2) is 57.3 Å². The fourth-order valence-electron chi connectivity index (χ4n) is 3.67. The summed E-state index contributed by atoms with van der Waals surface area (Å²) in [4.78, 5) is 2.62. The number of rotatable bonds is 8. The lowest BCUT2D eigenvalue weighted by molar-refractivity contribution is 0.116. The maximum absolute atomic E-state index is 11.0. The van der Waals surface area contributed by atoms with Crippen molar-refractivity contribution in [1.29, 1.82) is 0 Å². The maximum Gasteiger partial charge on any atom is 0.208 e. The minimum Gasteiger partial charge on any atom is -0.314 e. The summed E-state index contributed by atoms with van der Waals surface area (Å²) in [5, 5.41) is 3.66. The third kappa shape index (κ3) is 4.69. The SMILES string of the molecule is CCCNC1CC2CCC(C1)N2CCCNS(C)(=O)=O. The number of fused-ring (bicyclic) bond motifs is 2. The second kappa shape index (κ2) is 7.20. The van der Waals surface area contributed by atoms with Crippen molar-refractivity contribution in [3.05, 3.63) is 0 Å². The third-order valence-corrected chi connectivity index (χ3v) is 5.25. The Morgan fingerprint density at radius 3 is 2.35 bits per heavy atom. The van der Waals surface area contributed by atoms with E-state index >= 15 is 0 Å². The molecule has 0 amide bonds. The number of hydrogen-bond acceptors (Lipinski definition) is 4. The Morgan fingerprint density at radius 2 is 1.80 bits per heavy atom. The molecule has 2 unspecified atom stereocenters. The van der Waals surface area contributed by atoms with E-state index in [1.807, 2.05) is 0 Å². The van der Waals surface area contributed by atoms with Gasteiger partial charge in [-0.25, -0.2) is 13.1 Å². The zero-order chi connectivity index (χ0) is 14.6. The Hall–Kier alpha value is -0.170. The lowest BCUT2D eigenvalue weighted by Gasteiger charge is -2.39. The summed E-state index contributed by atoms with van der Waals surface area (Å²) in [6, 6.07) is 2.11. The third-order valence-electron chi connectivity index (χ3n) is 4.52. The van der Waals surface area contributed by atoms with E-state index in [0.717, 1.165) is 19.5 Å². The van der Waals surface area contributed by atoms with Crippen LogP contribution in [0.1, 0.15) is 45.4 Å². The van der Waals surface area contributed by atoms with Gasteiger partial charge in [0.05, 0.1) is 6.26 Å². The molecular weight excluding hydrogens is 274 g/mol. The van der Waals surface area contributed by atoms with E-state index in [0.29, 0.717) is 24.7 Å². The molecule has 0 radical (unpaired) electrons. The lowest BCUT2D eigenvalue weighted by atomic mass is 9.97. The molecule has 2 rings (SSSR count). The molecule has 118 valence electrons. The van der Waals surface area contributed by atoms with Gasteiger partial charge in [0.25, 0.3) is 0 Å². The van der Waals surface area contributed by atoms with Crippen molar-refractivity contribution in [2.45, 2.75) is 63.6 Å². The molecule has 20 heavy (non-hydrogen) atoms. The standard InChI is InChI=1S/C14H29N3O2S/c1-3-7-15-12-10-13-5-6-14(11-12)17(13)9-4-8-16-20(2,18)19/h12-16H,3-11H2,1-2H3. The smallest absolute Gasteiger partial charge is 0.208 e. The van der Waals surface area contributed by atoms with Crippen molar-refractivity contribution in [3.8, 4) is 0 Å². The van der Waals surface area contributed by atoms with Gasteiger partial charge in [-0.05, 0) is 51.6 Å². The molecule has 2 saturated heterocycles. The van der Waals surface area contributed by atoms with Crippen LogP contribution in [0.3, 0.4) is 0 Å². The van der Waals surface area contributed by atoms with Crippen molar-refractivity contribution in [1.82, 2.24) is 14.9 Å². The second-order valence-corrected chi connectivity index (χ2v) is 8.10. The van der Waals surface area contributed by atoms with Crippen LogP contribution in [0.25, 0.3) is 0 Å². The molecular formula is C14H29N3O2S. The zero-order valence-electron chi connectivity index (χ0n) is 12.8. The molecule has 0 aliphatic carbocycles. The molecule has 5 nitrogen and oxygen atoms in total. The molecule has 0 aromatic rings. The summed E-state index contributed by atoms with van der Waals surface area (Å²) in [6.07, 6.45) is 8.48. The number of hydrogen-bond donors (Lipinski definition) is 2. The van der Waals surface area contributed by atoms with Gasteiger partial charge < -0.3 is 5.32 Å². The first kappa shape index (κ1) is 16.2. The van der Waals surface area contributed by atoms with Crippen LogP contribution in [-0.2, 0) is 10.0 Å². The Morgan fingerprint density at radius 1 is 1.15 bits per heavy atom. The largest absolute Gasteiger partial charge is 0.314 e. The molecule has 6 heteroatoms. The van der Waals surface area contributed by atoms with Crippen molar-refractivity contribution < 1.29 is 8.42 Å². The van der Waals surface area contributed by atoms with Crippen LogP contribution < -0.4 is 10.0 Å². The van der Waals surface area contributed by atoms with Crippen molar-refractivity contribution >= 4 is 10.0 Å². The van der Waals surface area contributed by atoms with Gasteiger partial charge in [-0.2, -0.15) is 0 Å². The highest BCUT2D eigenvalue weighted by molar-refractivity contribution is 7.88. The summed E-state index contributed by atoms with van der Waals surface area (Å²) in [6.45, 7) is 4.93. The van der Waals surface area contributed by atoms with E-state index in [2.05, 4.69) is 21.9 Å². The molecule has 2 heterocycles. The Bertz CT molecular complexity index is 385. The first-order valence-electron chi connectivity index (χ1n) is 7.93. The highest BCUT2D eigenvalue weighted by atomic mass is 32.2. The Balaban J connectivity index is 1.72. The molecule has 2 atom stereocenters. The van der Waals surface area contributed by atoms with Crippen LogP contribution in [0.5, 0.6) is 0 Å². The fourth-order valence-corrected chi connectivity index (χ4v) is 4.19. The Kier molecular flexibility index (Phi) is 5.84. The van der Waals surface area contributed by atoms with E-state index in [9.17, 15) is 8.42 Å². The molecule has 2 bridgehead atoms. The van der Waals surface area contributed by atoms with Crippen molar-refractivity contribution in [2.24, 2.45) is 0 Å². The topological polar surface area (TPSA) is 61.4 Å². The summed E-state index contributed by atoms with van der Waals surface area (Å²) >= 11 is 0. The first-order valence-corrected chi connectivity index (χ1v) is 9.82. The van der Waals surface area contributed by atoms with Gasteiger partial charge in [0.2, 0.25) is 10.0 Å². The highest BCUT2D eigenvalue weighted by Crippen LogP contribution is 2.35. The van der Waals surface area contributed by atoms with E-state index in [4.69, 9.17) is 0 Å². The average Bonchev–Trinajstić information content (AvgIpc) is 2.61. The average molecular weight is 303 g/mol. The molecule has 0 saturated carbocycles. The number of piperidine rings is 1. The maximum atomic E-state index is 11.0. The first-order chi connectivity index (χ1) is 9.49. The number of sulfonamides is 1. The van der Waals surface area contributed by atoms with Gasteiger partial charge >= 0.3 is 0 Å². The zero-order valence-corrected chi connectivity index (χ0v) is 13.6. The van der Waals surface area contributed by atoms with Crippen molar-refractivity contribution in [2.75, 3.05) is 25.9 Å². The number of nitrogens with zero attached hydrogens (tertiary/aromatic N) is 1. The van der Waals surface area contributed by atoms with Crippen LogP contribution >= 0.6 is 0 Å². The molecule has 2 N–H and O–H groups in total. The second-order valence-electron chi connectivity index (χ2n) is 6.27. The summed E-state index contributed by atoms with van der Waals surface area (Å²) in [5.74, 6) is 0. The Labute approximate surface area is 123 Å². The minimum atomic E-state index is -3.04. The van der Waals surface area contributed by atoms with Gasteiger partial charge in [-0.1, -0.05) is 6.92 Å².